The highest BCUT2D eigenvalue weighted by Crippen LogP contribution is 2.18. The molecule has 1 saturated carbocycles. The van der Waals surface area contributed by atoms with Gasteiger partial charge in [0.2, 0.25) is 0 Å². The lowest BCUT2D eigenvalue weighted by Gasteiger charge is -2.24. The van der Waals surface area contributed by atoms with Gasteiger partial charge in [0.05, 0.1) is 6.61 Å². The van der Waals surface area contributed by atoms with Gasteiger partial charge in [0.1, 0.15) is 0 Å². The van der Waals surface area contributed by atoms with E-state index in [1.54, 1.807) is 0 Å². The van der Waals surface area contributed by atoms with E-state index >= 15 is 0 Å². The van der Waals surface area contributed by atoms with Gasteiger partial charge in [0.25, 0.3) is 0 Å². The second kappa shape index (κ2) is 7.20. The van der Waals surface area contributed by atoms with Crippen molar-refractivity contribution in [3.63, 3.8) is 0 Å². The number of nitrogens with one attached hydrogen (secondary N) is 1. The molecule has 1 unspecified atom stereocenters. The highest BCUT2D eigenvalue weighted by atomic mass is 16.5. The third-order valence-corrected chi connectivity index (χ3v) is 3.12. The fraction of sp³-hybridized carbons (Fsp3) is 1.00. The van der Waals surface area contributed by atoms with Crippen LogP contribution in [0.3, 0.4) is 0 Å². The third-order valence-electron chi connectivity index (χ3n) is 3.12. The smallest absolute Gasteiger partial charge is 0.0593 e. The van der Waals surface area contributed by atoms with Crippen LogP contribution in [0.15, 0.2) is 0 Å². The maximum atomic E-state index is 5.35. The average molecular weight is 214 g/mol. The Hall–Kier alpha value is -0.120. The molecule has 0 bridgehead atoms. The fourth-order valence-electron chi connectivity index (χ4n) is 1.58. The lowest BCUT2D eigenvalue weighted by Crippen LogP contribution is -2.34. The van der Waals surface area contributed by atoms with Crippen LogP contribution in [0.2, 0.25) is 0 Å². The monoisotopic (exact) mass is 214 g/mol. The Kier molecular flexibility index (Phi) is 6.22. The van der Waals surface area contributed by atoms with Crippen LogP contribution in [0, 0.1) is 0 Å². The maximum absolute atomic E-state index is 5.35. The molecule has 0 aromatic rings. The molecule has 0 aromatic heterocycles. The first-order valence-electron chi connectivity index (χ1n) is 6.25. The van der Waals surface area contributed by atoms with Crippen molar-refractivity contribution < 1.29 is 4.74 Å². The van der Waals surface area contributed by atoms with Crippen molar-refractivity contribution in [3.8, 4) is 0 Å². The van der Waals surface area contributed by atoms with Crippen LogP contribution in [0.1, 0.15) is 33.1 Å². The van der Waals surface area contributed by atoms with E-state index < -0.39 is 0 Å². The fourth-order valence-corrected chi connectivity index (χ4v) is 1.58. The minimum Gasteiger partial charge on any atom is -0.380 e. The Bertz CT molecular complexity index is 160. The molecule has 3 nitrogen and oxygen atoms in total. The highest BCUT2D eigenvalue weighted by Gasteiger charge is 2.20. The Morgan fingerprint density at radius 1 is 1.47 bits per heavy atom. The van der Waals surface area contributed by atoms with Crippen LogP contribution in [-0.4, -0.2) is 50.3 Å². The topological polar surface area (TPSA) is 24.5 Å². The van der Waals surface area contributed by atoms with Gasteiger partial charge >= 0.3 is 0 Å². The Morgan fingerprint density at radius 2 is 2.20 bits per heavy atom. The molecule has 3 heteroatoms. The first-order chi connectivity index (χ1) is 7.24. The van der Waals surface area contributed by atoms with Crippen molar-refractivity contribution in [2.45, 2.75) is 45.2 Å². The molecule has 0 heterocycles. The summed E-state index contributed by atoms with van der Waals surface area (Å²) in [5.41, 5.74) is 0. The lowest BCUT2D eigenvalue weighted by molar-refractivity contribution is 0.108. The minimum atomic E-state index is 0.650. The molecule has 0 saturated heterocycles. The summed E-state index contributed by atoms with van der Waals surface area (Å²) in [5.74, 6) is 0. The molecule has 0 radical (unpaired) electrons. The summed E-state index contributed by atoms with van der Waals surface area (Å²) in [6.07, 6.45) is 4.00. The van der Waals surface area contributed by atoms with Gasteiger partial charge in [-0.25, -0.2) is 0 Å². The Balaban J connectivity index is 1.95. The molecule has 1 aliphatic carbocycles. The Labute approximate surface area is 94.2 Å². The van der Waals surface area contributed by atoms with Gasteiger partial charge < -0.3 is 15.0 Å². The number of nitrogens with zero attached hydrogens (tertiary/aromatic N) is 1. The molecule has 0 spiro atoms. The summed E-state index contributed by atoms with van der Waals surface area (Å²) in [5, 5.41) is 3.55. The van der Waals surface area contributed by atoms with Crippen LogP contribution >= 0.6 is 0 Å². The van der Waals surface area contributed by atoms with Crippen molar-refractivity contribution in [2.75, 3.05) is 33.4 Å². The predicted molar refractivity (Wildman–Crippen MR) is 64.2 cm³/mol. The summed E-state index contributed by atoms with van der Waals surface area (Å²) in [6, 6.07) is 1.49. The molecular weight excluding hydrogens is 188 g/mol. The van der Waals surface area contributed by atoms with E-state index in [-0.39, 0.29) is 0 Å². The highest BCUT2D eigenvalue weighted by molar-refractivity contribution is 4.81. The number of ether oxygens (including phenoxy) is 1. The summed E-state index contributed by atoms with van der Waals surface area (Å²) in [4.78, 5) is 2.38. The van der Waals surface area contributed by atoms with Crippen molar-refractivity contribution in [1.82, 2.24) is 10.2 Å². The van der Waals surface area contributed by atoms with E-state index in [2.05, 4.69) is 24.2 Å². The SMILES string of the molecule is CCOCCN(C)C(C)CCNC1CC1. The number of hydrogen-bond donors (Lipinski definition) is 1. The van der Waals surface area contributed by atoms with Crippen LogP contribution in [0.25, 0.3) is 0 Å². The van der Waals surface area contributed by atoms with Crippen molar-refractivity contribution in [3.05, 3.63) is 0 Å². The van der Waals surface area contributed by atoms with Gasteiger partial charge in [-0.05, 0) is 46.7 Å². The largest absolute Gasteiger partial charge is 0.380 e. The van der Waals surface area contributed by atoms with Crippen molar-refractivity contribution >= 4 is 0 Å². The van der Waals surface area contributed by atoms with E-state index in [1.165, 1.54) is 19.3 Å². The molecule has 1 fully saturated rings. The summed E-state index contributed by atoms with van der Waals surface area (Å²) >= 11 is 0. The molecule has 1 aliphatic rings. The summed E-state index contributed by atoms with van der Waals surface area (Å²) in [6.45, 7) is 8.21. The average Bonchev–Trinajstić information content (AvgIpc) is 3.02. The van der Waals surface area contributed by atoms with Gasteiger partial charge in [-0.1, -0.05) is 0 Å². The van der Waals surface area contributed by atoms with Gasteiger partial charge in [-0.3, -0.25) is 0 Å². The lowest BCUT2D eigenvalue weighted by atomic mass is 10.2. The Morgan fingerprint density at radius 3 is 2.80 bits per heavy atom. The molecule has 15 heavy (non-hydrogen) atoms. The third kappa shape index (κ3) is 6.13. The standard InChI is InChI=1S/C12H26N2O/c1-4-15-10-9-14(3)11(2)7-8-13-12-5-6-12/h11-13H,4-10H2,1-3H3. The van der Waals surface area contributed by atoms with Gasteiger partial charge in [-0.15, -0.1) is 0 Å². The zero-order chi connectivity index (χ0) is 11.1. The van der Waals surface area contributed by atoms with Gasteiger partial charge in [0, 0.05) is 25.2 Å². The normalized spacial score (nSPS) is 18.4. The first kappa shape index (κ1) is 12.9. The number of likely N-dealkylation sites (N-methyl/N-ethyl adjacent to an activating group) is 1. The number of hydrogen-bond acceptors (Lipinski definition) is 3. The van der Waals surface area contributed by atoms with E-state index in [0.717, 1.165) is 32.3 Å². The second-order valence-corrected chi connectivity index (χ2v) is 4.54. The molecule has 1 atom stereocenters. The molecule has 0 aliphatic heterocycles. The second-order valence-electron chi connectivity index (χ2n) is 4.54. The van der Waals surface area contributed by atoms with Crippen LogP contribution < -0.4 is 5.32 Å². The zero-order valence-electron chi connectivity index (χ0n) is 10.5. The van der Waals surface area contributed by atoms with E-state index in [4.69, 9.17) is 4.74 Å². The minimum absolute atomic E-state index is 0.650. The van der Waals surface area contributed by atoms with Crippen molar-refractivity contribution in [2.24, 2.45) is 0 Å². The van der Waals surface area contributed by atoms with Crippen LogP contribution in [0.5, 0.6) is 0 Å². The zero-order valence-corrected chi connectivity index (χ0v) is 10.5. The van der Waals surface area contributed by atoms with E-state index in [0.29, 0.717) is 6.04 Å². The molecular formula is C12H26N2O. The molecule has 1 rings (SSSR count). The summed E-state index contributed by atoms with van der Waals surface area (Å²) in [7, 11) is 2.18. The quantitative estimate of drug-likeness (QED) is 0.589. The molecule has 1 N–H and O–H groups in total. The van der Waals surface area contributed by atoms with Crippen molar-refractivity contribution in [1.29, 1.82) is 0 Å². The van der Waals surface area contributed by atoms with Crippen LogP contribution in [0.4, 0.5) is 0 Å². The van der Waals surface area contributed by atoms with E-state index in [1.807, 2.05) is 6.92 Å². The molecule has 0 aromatic carbocycles. The van der Waals surface area contributed by atoms with Gasteiger partial charge in [-0.2, -0.15) is 0 Å². The predicted octanol–water partition coefficient (Wildman–Crippen LogP) is 1.49. The van der Waals surface area contributed by atoms with Gasteiger partial charge in [0.15, 0.2) is 0 Å². The van der Waals surface area contributed by atoms with E-state index in [9.17, 15) is 0 Å². The summed E-state index contributed by atoms with van der Waals surface area (Å²) < 4.78 is 5.35. The molecule has 0 amide bonds. The van der Waals surface area contributed by atoms with Crippen LogP contribution in [-0.2, 0) is 4.74 Å². The maximum Gasteiger partial charge on any atom is 0.0593 e. The molecule has 90 valence electrons. The first-order valence-corrected chi connectivity index (χ1v) is 6.25. The number of rotatable bonds is 9.